The van der Waals surface area contributed by atoms with Gasteiger partial charge in [-0.2, -0.15) is 0 Å². The average Bonchev–Trinajstić information content (AvgIpc) is 2.93. The number of pyridine rings is 2. The maximum atomic E-state index is 5.23. The van der Waals surface area contributed by atoms with Crippen molar-refractivity contribution in [3.05, 3.63) is 55.0 Å². The minimum Gasteiger partial charge on any atom is -0.497 e. The molecule has 0 unspecified atom stereocenters. The fourth-order valence-corrected chi connectivity index (χ4v) is 3.60. The number of benzene rings is 1. The van der Waals surface area contributed by atoms with Crippen LogP contribution in [0, 0.1) is 0 Å². The van der Waals surface area contributed by atoms with Crippen molar-refractivity contribution in [2.75, 3.05) is 7.11 Å². The molecule has 0 N–H and O–H groups in total. The molecule has 21 heavy (non-hydrogen) atoms. The highest BCUT2D eigenvalue weighted by atomic mass is 32.1. The van der Waals surface area contributed by atoms with Crippen molar-refractivity contribution >= 4 is 31.6 Å². The van der Waals surface area contributed by atoms with Crippen LogP contribution in [-0.4, -0.2) is 17.1 Å². The highest BCUT2D eigenvalue weighted by Crippen LogP contribution is 2.38. The second-order valence-electron chi connectivity index (χ2n) is 4.74. The molecule has 4 aromatic rings. The van der Waals surface area contributed by atoms with Gasteiger partial charge >= 0.3 is 0 Å². The van der Waals surface area contributed by atoms with E-state index in [1.54, 1.807) is 18.4 Å². The smallest absolute Gasteiger partial charge is 0.125 e. The number of fused-ring (bicyclic) bond motifs is 3. The number of ether oxygens (including phenoxy) is 1. The van der Waals surface area contributed by atoms with Gasteiger partial charge in [-0.1, -0.05) is 12.1 Å². The van der Waals surface area contributed by atoms with Gasteiger partial charge in [-0.25, -0.2) is 4.98 Å². The fraction of sp³-hybridized carbons (Fsp3) is 0.0588. The summed E-state index contributed by atoms with van der Waals surface area (Å²) in [5.41, 5.74) is 2.36. The summed E-state index contributed by atoms with van der Waals surface area (Å²) in [5, 5.41) is 2.41. The number of thiophene rings is 1. The highest BCUT2D eigenvalue weighted by molar-refractivity contribution is 7.25. The zero-order chi connectivity index (χ0) is 14.2. The van der Waals surface area contributed by atoms with Gasteiger partial charge in [-0.15, -0.1) is 11.3 Å². The van der Waals surface area contributed by atoms with Gasteiger partial charge in [0, 0.05) is 29.4 Å². The molecule has 3 nitrogen and oxygen atoms in total. The van der Waals surface area contributed by atoms with Crippen LogP contribution in [0.1, 0.15) is 0 Å². The molecule has 0 bridgehead atoms. The van der Waals surface area contributed by atoms with Crippen LogP contribution in [-0.2, 0) is 0 Å². The van der Waals surface area contributed by atoms with Crippen molar-refractivity contribution in [2.45, 2.75) is 0 Å². The fourth-order valence-electron chi connectivity index (χ4n) is 2.56. The summed E-state index contributed by atoms with van der Waals surface area (Å²) in [6, 6.07) is 12.3. The van der Waals surface area contributed by atoms with Gasteiger partial charge in [0.25, 0.3) is 0 Å². The molecule has 4 heteroatoms. The van der Waals surface area contributed by atoms with E-state index in [1.165, 1.54) is 26.6 Å². The van der Waals surface area contributed by atoms with E-state index in [9.17, 15) is 0 Å². The van der Waals surface area contributed by atoms with Crippen molar-refractivity contribution < 1.29 is 4.74 Å². The summed E-state index contributed by atoms with van der Waals surface area (Å²) in [4.78, 5) is 9.75. The Morgan fingerprint density at radius 1 is 1.00 bits per heavy atom. The van der Waals surface area contributed by atoms with Gasteiger partial charge in [-0.05, 0) is 35.4 Å². The molecular formula is C17H12N2OS. The lowest BCUT2D eigenvalue weighted by molar-refractivity contribution is 0.415. The molecule has 0 atom stereocenters. The van der Waals surface area contributed by atoms with E-state index in [4.69, 9.17) is 4.74 Å². The predicted molar refractivity (Wildman–Crippen MR) is 86.9 cm³/mol. The molecule has 0 saturated carbocycles. The minimum absolute atomic E-state index is 0.864. The Morgan fingerprint density at radius 3 is 2.67 bits per heavy atom. The van der Waals surface area contributed by atoms with Crippen molar-refractivity contribution in [1.29, 1.82) is 0 Å². The third kappa shape index (κ3) is 1.96. The molecule has 0 aliphatic carbocycles. The van der Waals surface area contributed by atoms with Gasteiger partial charge in [0.15, 0.2) is 0 Å². The number of hydrogen-bond acceptors (Lipinski definition) is 4. The van der Waals surface area contributed by atoms with Gasteiger partial charge in [0.05, 0.1) is 11.8 Å². The molecule has 0 radical (unpaired) electrons. The summed E-state index contributed by atoms with van der Waals surface area (Å²) in [5.74, 6) is 0.864. The highest BCUT2D eigenvalue weighted by Gasteiger charge is 2.11. The lowest BCUT2D eigenvalue weighted by atomic mass is 10.0. The molecule has 0 fully saturated rings. The van der Waals surface area contributed by atoms with Crippen LogP contribution in [0.2, 0.25) is 0 Å². The monoisotopic (exact) mass is 292 g/mol. The molecule has 0 amide bonds. The van der Waals surface area contributed by atoms with Crippen LogP contribution in [0.4, 0.5) is 0 Å². The maximum Gasteiger partial charge on any atom is 0.125 e. The Morgan fingerprint density at radius 2 is 1.86 bits per heavy atom. The minimum atomic E-state index is 0.864. The number of hydrogen-bond donors (Lipinski definition) is 0. The summed E-state index contributed by atoms with van der Waals surface area (Å²) < 4.78 is 6.40. The largest absolute Gasteiger partial charge is 0.497 e. The zero-order valence-corrected chi connectivity index (χ0v) is 12.2. The Hall–Kier alpha value is -2.46. The van der Waals surface area contributed by atoms with Gasteiger partial charge in [0.1, 0.15) is 10.6 Å². The molecule has 0 saturated heterocycles. The first-order valence-electron chi connectivity index (χ1n) is 6.62. The normalized spacial score (nSPS) is 11.1. The number of rotatable bonds is 2. The van der Waals surface area contributed by atoms with E-state index >= 15 is 0 Å². The topological polar surface area (TPSA) is 35.0 Å². The predicted octanol–water partition coefficient (Wildman–Crippen LogP) is 4.52. The third-order valence-corrected chi connectivity index (χ3v) is 4.63. The Kier molecular flexibility index (Phi) is 2.82. The first kappa shape index (κ1) is 12.3. The van der Waals surface area contributed by atoms with Crippen LogP contribution >= 0.6 is 11.3 Å². The second kappa shape index (κ2) is 4.82. The summed E-state index contributed by atoms with van der Waals surface area (Å²) in [7, 11) is 1.68. The van der Waals surface area contributed by atoms with Crippen molar-refractivity contribution in [2.24, 2.45) is 0 Å². The number of nitrogens with zero attached hydrogens (tertiary/aromatic N) is 2. The first-order valence-corrected chi connectivity index (χ1v) is 7.44. The van der Waals surface area contributed by atoms with E-state index in [1.807, 2.05) is 30.7 Å². The molecule has 3 heterocycles. The third-order valence-electron chi connectivity index (χ3n) is 3.58. The van der Waals surface area contributed by atoms with Crippen molar-refractivity contribution in [3.8, 4) is 16.9 Å². The van der Waals surface area contributed by atoms with E-state index in [0.29, 0.717) is 0 Å². The molecule has 0 aliphatic rings. The Balaban J connectivity index is 2.03. The van der Waals surface area contributed by atoms with Crippen molar-refractivity contribution in [3.63, 3.8) is 0 Å². The standard InChI is InChI=1S/C17H12N2OS/c1-20-12-4-2-11(3-5-12)13-7-9-19-17-16(13)14-6-8-18-10-15(14)21-17/h2-10H,1H3. The van der Waals surface area contributed by atoms with Gasteiger partial charge in [0.2, 0.25) is 0 Å². The van der Waals surface area contributed by atoms with Crippen LogP contribution in [0.3, 0.4) is 0 Å². The van der Waals surface area contributed by atoms with Crippen molar-refractivity contribution in [1.82, 2.24) is 9.97 Å². The molecular weight excluding hydrogens is 280 g/mol. The lowest BCUT2D eigenvalue weighted by Gasteiger charge is -2.05. The summed E-state index contributed by atoms with van der Waals surface area (Å²) >= 11 is 1.68. The molecule has 1 aromatic carbocycles. The quantitative estimate of drug-likeness (QED) is 0.545. The maximum absolute atomic E-state index is 5.23. The first-order chi connectivity index (χ1) is 10.4. The van der Waals surface area contributed by atoms with Crippen LogP contribution in [0.15, 0.2) is 55.0 Å². The van der Waals surface area contributed by atoms with E-state index in [-0.39, 0.29) is 0 Å². The SMILES string of the molecule is COc1ccc(-c2ccnc3sc4cnccc4c23)cc1. The van der Waals surface area contributed by atoms with Gasteiger partial charge in [-0.3, -0.25) is 4.98 Å². The van der Waals surface area contributed by atoms with Crippen LogP contribution < -0.4 is 4.74 Å². The van der Waals surface area contributed by atoms with Gasteiger partial charge < -0.3 is 4.74 Å². The molecule has 3 aromatic heterocycles. The van der Waals surface area contributed by atoms with E-state index in [2.05, 4.69) is 34.2 Å². The molecule has 0 spiro atoms. The molecule has 4 rings (SSSR count). The molecule has 0 aliphatic heterocycles. The number of aromatic nitrogens is 2. The van der Waals surface area contributed by atoms with E-state index < -0.39 is 0 Å². The summed E-state index contributed by atoms with van der Waals surface area (Å²) in [6.45, 7) is 0. The molecule has 102 valence electrons. The Labute approximate surface area is 125 Å². The number of methoxy groups -OCH3 is 1. The second-order valence-corrected chi connectivity index (χ2v) is 5.77. The van der Waals surface area contributed by atoms with Crippen LogP contribution in [0.5, 0.6) is 5.75 Å². The zero-order valence-electron chi connectivity index (χ0n) is 11.4. The Bertz CT molecular complexity index is 928. The van der Waals surface area contributed by atoms with Crippen LogP contribution in [0.25, 0.3) is 31.4 Å². The van der Waals surface area contributed by atoms with E-state index in [0.717, 1.165) is 10.6 Å². The summed E-state index contributed by atoms with van der Waals surface area (Å²) in [6.07, 6.45) is 5.60. The average molecular weight is 292 g/mol. The lowest BCUT2D eigenvalue weighted by Crippen LogP contribution is -1.84.